The summed E-state index contributed by atoms with van der Waals surface area (Å²) in [5, 5.41) is 2.01. The third-order valence-corrected chi connectivity index (χ3v) is 3.41. The van der Waals surface area contributed by atoms with Crippen LogP contribution in [0.5, 0.6) is 5.75 Å². The molecule has 1 N–H and O–H groups in total. The highest BCUT2D eigenvalue weighted by Gasteiger charge is 2.13. The Kier molecular flexibility index (Phi) is 3.78. The van der Waals surface area contributed by atoms with Crippen molar-refractivity contribution in [2.45, 2.75) is 6.92 Å². The zero-order valence-corrected chi connectivity index (χ0v) is 12.4. The highest BCUT2D eigenvalue weighted by atomic mass is 16.5. The number of benzene rings is 1. The molecule has 3 aromatic rings. The predicted octanol–water partition coefficient (Wildman–Crippen LogP) is 3.30. The molecular formula is C17H16N2O3. The molecule has 0 aliphatic carbocycles. The van der Waals surface area contributed by atoms with Gasteiger partial charge in [-0.25, -0.2) is 4.79 Å². The SMILES string of the molecule is CCOC(=O)/C=C/c1ncc(OC)c2c1[nH]c1ccccc12. The summed E-state index contributed by atoms with van der Waals surface area (Å²) in [5.74, 6) is 0.310. The van der Waals surface area contributed by atoms with Gasteiger partial charge in [0, 0.05) is 17.0 Å². The lowest BCUT2D eigenvalue weighted by molar-refractivity contribution is -0.137. The van der Waals surface area contributed by atoms with Crippen molar-refractivity contribution in [3.05, 3.63) is 42.2 Å². The van der Waals surface area contributed by atoms with Gasteiger partial charge in [0.2, 0.25) is 0 Å². The van der Waals surface area contributed by atoms with E-state index in [-0.39, 0.29) is 5.97 Å². The summed E-state index contributed by atoms with van der Waals surface area (Å²) in [4.78, 5) is 19.2. The fourth-order valence-corrected chi connectivity index (χ4v) is 2.47. The Morgan fingerprint density at radius 1 is 1.36 bits per heavy atom. The second-order valence-electron chi connectivity index (χ2n) is 4.72. The van der Waals surface area contributed by atoms with Crippen LogP contribution in [0.1, 0.15) is 12.6 Å². The van der Waals surface area contributed by atoms with E-state index in [0.717, 1.165) is 21.8 Å². The number of hydrogen-bond donors (Lipinski definition) is 1. The Balaban J connectivity index is 2.18. The minimum absolute atomic E-state index is 0.348. The van der Waals surface area contributed by atoms with E-state index < -0.39 is 0 Å². The normalized spacial score (nSPS) is 11.4. The molecule has 2 heterocycles. The molecule has 0 radical (unpaired) electrons. The van der Waals surface area contributed by atoms with E-state index in [1.807, 2.05) is 24.3 Å². The first-order valence-electron chi connectivity index (χ1n) is 7.02. The molecule has 22 heavy (non-hydrogen) atoms. The average Bonchev–Trinajstić information content (AvgIpc) is 2.93. The first-order valence-corrected chi connectivity index (χ1v) is 7.02. The van der Waals surface area contributed by atoms with Crippen LogP contribution in [0.2, 0.25) is 0 Å². The summed E-state index contributed by atoms with van der Waals surface area (Å²) in [6.45, 7) is 2.12. The van der Waals surface area contributed by atoms with Crippen LogP contribution in [0.3, 0.4) is 0 Å². The number of aromatic nitrogens is 2. The summed E-state index contributed by atoms with van der Waals surface area (Å²) in [6, 6.07) is 7.96. The molecule has 5 nitrogen and oxygen atoms in total. The highest BCUT2D eigenvalue weighted by molar-refractivity contribution is 6.12. The van der Waals surface area contributed by atoms with Crippen LogP contribution >= 0.6 is 0 Å². The molecule has 0 aliphatic rings. The van der Waals surface area contributed by atoms with E-state index in [0.29, 0.717) is 18.1 Å². The minimum Gasteiger partial charge on any atom is -0.494 e. The van der Waals surface area contributed by atoms with Crippen LogP contribution in [-0.4, -0.2) is 29.7 Å². The number of hydrogen-bond acceptors (Lipinski definition) is 4. The molecule has 0 amide bonds. The quantitative estimate of drug-likeness (QED) is 0.592. The fourth-order valence-electron chi connectivity index (χ4n) is 2.47. The molecule has 0 unspecified atom stereocenters. The van der Waals surface area contributed by atoms with Gasteiger partial charge in [0.25, 0.3) is 0 Å². The Morgan fingerprint density at radius 2 is 2.18 bits per heavy atom. The summed E-state index contributed by atoms with van der Waals surface area (Å²) >= 11 is 0. The number of carbonyl (C=O) groups is 1. The van der Waals surface area contributed by atoms with E-state index in [1.54, 1.807) is 26.3 Å². The Bertz CT molecular complexity index is 865. The number of fused-ring (bicyclic) bond motifs is 3. The van der Waals surface area contributed by atoms with Crippen LogP contribution < -0.4 is 4.74 Å². The Hall–Kier alpha value is -2.82. The topological polar surface area (TPSA) is 64.2 Å². The molecule has 0 saturated heterocycles. The number of pyridine rings is 1. The number of H-pyrrole nitrogens is 1. The average molecular weight is 296 g/mol. The number of aromatic amines is 1. The molecule has 3 rings (SSSR count). The molecule has 0 saturated carbocycles. The van der Waals surface area contributed by atoms with E-state index in [1.165, 1.54) is 6.08 Å². The number of nitrogens with one attached hydrogen (secondary N) is 1. The van der Waals surface area contributed by atoms with E-state index in [4.69, 9.17) is 9.47 Å². The van der Waals surface area contributed by atoms with Crippen molar-refractivity contribution in [3.63, 3.8) is 0 Å². The van der Waals surface area contributed by atoms with Gasteiger partial charge in [-0.2, -0.15) is 0 Å². The largest absolute Gasteiger partial charge is 0.494 e. The number of carbonyl (C=O) groups excluding carboxylic acids is 1. The highest BCUT2D eigenvalue weighted by Crippen LogP contribution is 2.34. The zero-order valence-electron chi connectivity index (χ0n) is 12.4. The molecule has 0 aliphatic heterocycles. The smallest absolute Gasteiger partial charge is 0.330 e. The molecule has 0 bridgehead atoms. The van der Waals surface area contributed by atoms with Crippen LogP contribution in [0.15, 0.2) is 36.5 Å². The molecular weight excluding hydrogens is 280 g/mol. The third kappa shape index (κ3) is 2.41. The third-order valence-electron chi connectivity index (χ3n) is 3.41. The number of rotatable bonds is 4. The second kappa shape index (κ2) is 5.89. The maximum atomic E-state index is 11.5. The number of esters is 1. The predicted molar refractivity (Wildman–Crippen MR) is 85.8 cm³/mol. The van der Waals surface area contributed by atoms with Crippen molar-refractivity contribution in [2.75, 3.05) is 13.7 Å². The van der Waals surface area contributed by atoms with Gasteiger partial charge in [0.05, 0.1) is 36.5 Å². The van der Waals surface area contributed by atoms with Gasteiger partial charge < -0.3 is 14.5 Å². The molecule has 0 spiro atoms. The Labute approximate surface area is 127 Å². The van der Waals surface area contributed by atoms with Gasteiger partial charge in [0.1, 0.15) is 5.75 Å². The molecule has 0 atom stereocenters. The van der Waals surface area contributed by atoms with E-state index in [9.17, 15) is 4.79 Å². The van der Waals surface area contributed by atoms with Crippen molar-refractivity contribution in [2.24, 2.45) is 0 Å². The van der Waals surface area contributed by atoms with E-state index in [2.05, 4.69) is 9.97 Å². The lowest BCUT2D eigenvalue weighted by atomic mass is 10.1. The second-order valence-corrected chi connectivity index (χ2v) is 4.72. The molecule has 0 fully saturated rings. The van der Waals surface area contributed by atoms with Gasteiger partial charge in [-0.3, -0.25) is 4.98 Å². The first-order chi connectivity index (χ1) is 10.7. The van der Waals surface area contributed by atoms with Crippen molar-refractivity contribution < 1.29 is 14.3 Å². The number of nitrogens with zero attached hydrogens (tertiary/aromatic N) is 1. The fraction of sp³-hybridized carbons (Fsp3) is 0.176. The van der Waals surface area contributed by atoms with Crippen LogP contribution in [0.4, 0.5) is 0 Å². The van der Waals surface area contributed by atoms with Gasteiger partial charge in [-0.15, -0.1) is 0 Å². The van der Waals surface area contributed by atoms with Crippen LogP contribution in [0.25, 0.3) is 27.9 Å². The molecule has 2 aromatic heterocycles. The monoisotopic (exact) mass is 296 g/mol. The maximum absolute atomic E-state index is 11.5. The zero-order chi connectivity index (χ0) is 15.5. The van der Waals surface area contributed by atoms with Crippen molar-refractivity contribution in [1.82, 2.24) is 9.97 Å². The number of ether oxygens (including phenoxy) is 2. The molecule has 112 valence electrons. The first kappa shape index (κ1) is 14.1. The standard InChI is InChI=1S/C17H16N2O3/c1-3-22-15(20)9-8-13-17-16(14(21-2)10-18-13)11-6-4-5-7-12(11)19-17/h4-10,19H,3H2,1-2H3/b9-8+. The lowest BCUT2D eigenvalue weighted by Gasteiger charge is -2.04. The van der Waals surface area contributed by atoms with Gasteiger partial charge in [0.15, 0.2) is 0 Å². The van der Waals surface area contributed by atoms with Crippen LogP contribution in [-0.2, 0) is 9.53 Å². The van der Waals surface area contributed by atoms with Crippen molar-refractivity contribution in [3.8, 4) is 5.75 Å². The van der Waals surface area contributed by atoms with Gasteiger partial charge >= 0.3 is 5.97 Å². The van der Waals surface area contributed by atoms with Gasteiger partial charge in [-0.1, -0.05) is 18.2 Å². The number of para-hydroxylation sites is 1. The molecule has 5 heteroatoms. The van der Waals surface area contributed by atoms with Gasteiger partial charge in [-0.05, 0) is 19.1 Å². The molecule has 1 aromatic carbocycles. The summed E-state index contributed by atoms with van der Waals surface area (Å²) < 4.78 is 10.3. The maximum Gasteiger partial charge on any atom is 0.330 e. The van der Waals surface area contributed by atoms with Crippen LogP contribution in [0, 0.1) is 0 Å². The van der Waals surface area contributed by atoms with Crippen molar-refractivity contribution in [1.29, 1.82) is 0 Å². The van der Waals surface area contributed by atoms with Crippen molar-refractivity contribution >= 4 is 33.9 Å². The summed E-state index contributed by atoms with van der Waals surface area (Å²) in [5.41, 5.74) is 2.50. The number of methoxy groups -OCH3 is 1. The minimum atomic E-state index is -0.385. The Morgan fingerprint density at radius 3 is 2.95 bits per heavy atom. The van der Waals surface area contributed by atoms with E-state index >= 15 is 0 Å². The lowest BCUT2D eigenvalue weighted by Crippen LogP contribution is -1.99. The summed E-state index contributed by atoms with van der Waals surface area (Å²) in [6.07, 6.45) is 4.69. The summed E-state index contributed by atoms with van der Waals surface area (Å²) in [7, 11) is 1.62.